The second-order valence-corrected chi connectivity index (χ2v) is 4.37. The number of primary amides is 1. The number of hydrogen-bond acceptors (Lipinski definition) is 6. The van der Waals surface area contributed by atoms with E-state index in [1.807, 2.05) is 20.8 Å². The van der Waals surface area contributed by atoms with Crippen LogP contribution in [-0.4, -0.2) is 27.5 Å². The molecule has 0 spiro atoms. The summed E-state index contributed by atoms with van der Waals surface area (Å²) in [5, 5.41) is 11.3. The molecule has 0 saturated carbocycles. The zero-order chi connectivity index (χ0) is 13.1. The van der Waals surface area contributed by atoms with E-state index in [0.29, 0.717) is 11.5 Å². The lowest BCUT2D eigenvalue weighted by atomic mass is 9.95. The van der Waals surface area contributed by atoms with Crippen LogP contribution in [0.3, 0.4) is 0 Å². The predicted octanol–water partition coefficient (Wildman–Crippen LogP) is 1.04. The number of hydrogen-bond donors (Lipinski definition) is 2. The largest absolute Gasteiger partial charge is 0.411 e. The van der Waals surface area contributed by atoms with E-state index in [9.17, 15) is 4.79 Å². The number of aromatic nitrogens is 2. The Labute approximate surface area is 98.3 Å². The first-order valence-electron chi connectivity index (χ1n) is 4.87. The minimum Gasteiger partial charge on any atom is -0.411 e. The molecule has 1 rings (SSSR count). The van der Waals surface area contributed by atoms with Gasteiger partial charge in [-0.15, -0.1) is 0 Å². The zero-order valence-corrected chi connectivity index (χ0v) is 9.84. The van der Waals surface area contributed by atoms with Crippen LogP contribution in [0.25, 0.3) is 0 Å². The first-order chi connectivity index (χ1) is 7.82. The van der Waals surface area contributed by atoms with Crippen molar-refractivity contribution in [2.75, 3.05) is 0 Å². The molecule has 0 radical (unpaired) electrons. The highest BCUT2D eigenvalue weighted by molar-refractivity contribution is 5.77. The number of amides is 1. The van der Waals surface area contributed by atoms with E-state index in [0.717, 1.165) is 6.21 Å². The molecule has 0 aliphatic carbocycles. The highest BCUT2D eigenvalue weighted by Gasteiger charge is 2.19. The van der Waals surface area contributed by atoms with E-state index in [-0.39, 0.29) is 11.3 Å². The number of nitrogens with zero attached hydrogens (tertiary/aromatic N) is 3. The molecule has 0 atom stereocenters. The van der Waals surface area contributed by atoms with Crippen molar-refractivity contribution < 1.29 is 14.7 Å². The van der Waals surface area contributed by atoms with Gasteiger partial charge in [0.1, 0.15) is 5.82 Å². The van der Waals surface area contributed by atoms with Crippen LogP contribution >= 0.6 is 0 Å². The average molecular weight is 238 g/mol. The summed E-state index contributed by atoms with van der Waals surface area (Å²) >= 11 is 0. The van der Waals surface area contributed by atoms with Crippen LogP contribution in [0.2, 0.25) is 0 Å². The van der Waals surface area contributed by atoms with Gasteiger partial charge in [0, 0.05) is 11.5 Å². The van der Waals surface area contributed by atoms with Gasteiger partial charge in [0.05, 0.1) is 11.9 Å². The van der Waals surface area contributed by atoms with Crippen molar-refractivity contribution >= 4 is 12.3 Å². The molecule has 0 saturated heterocycles. The van der Waals surface area contributed by atoms with Crippen LogP contribution < -0.4 is 10.5 Å². The van der Waals surface area contributed by atoms with Gasteiger partial charge in [0.15, 0.2) is 0 Å². The van der Waals surface area contributed by atoms with Crippen LogP contribution in [-0.2, 0) is 5.41 Å². The van der Waals surface area contributed by atoms with Crippen molar-refractivity contribution in [1.29, 1.82) is 0 Å². The van der Waals surface area contributed by atoms with Gasteiger partial charge in [-0.2, -0.15) is 4.98 Å². The summed E-state index contributed by atoms with van der Waals surface area (Å²) in [4.78, 5) is 18.9. The summed E-state index contributed by atoms with van der Waals surface area (Å²) in [5.41, 5.74) is 4.89. The third-order valence-electron chi connectivity index (χ3n) is 1.79. The fraction of sp³-hybridized carbons (Fsp3) is 0.400. The molecule has 1 aromatic rings. The van der Waals surface area contributed by atoms with Crippen molar-refractivity contribution in [3.05, 3.63) is 17.6 Å². The fourth-order valence-electron chi connectivity index (χ4n) is 1.06. The van der Waals surface area contributed by atoms with Crippen molar-refractivity contribution in [3.63, 3.8) is 0 Å². The molecule has 0 aliphatic heterocycles. The molecule has 17 heavy (non-hydrogen) atoms. The van der Waals surface area contributed by atoms with Crippen molar-refractivity contribution in [2.24, 2.45) is 10.9 Å². The third-order valence-corrected chi connectivity index (χ3v) is 1.79. The Hall–Kier alpha value is -2.18. The number of rotatable bonds is 2. The highest BCUT2D eigenvalue weighted by Crippen LogP contribution is 2.20. The van der Waals surface area contributed by atoms with Gasteiger partial charge >= 0.3 is 6.09 Å². The average Bonchev–Trinajstić information content (AvgIpc) is 2.15. The lowest BCUT2D eigenvalue weighted by molar-refractivity contribution is 0.208. The quantitative estimate of drug-likeness (QED) is 0.454. The molecule has 1 heterocycles. The zero-order valence-electron chi connectivity index (χ0n) is 9.84. The maximum atomic E-state index is 10.7. The number of carbonyl (C=O) groups is 1. The van der Waals surface area contributed by atoms with Crippen LogP contribution in [0.1, 0.15) is 32.3 Å². The molecule has 7 heteroatoms. The van der Waals surface area contributed by atoms with Crippen LogP contribution in [0.5, 0.6) is 5.88 Å². The molecule has 92 valence electrons. The number of nitrogens with two attached hydrogens (primary N) is 1. The monoisotopic (exact) mass is 238 g/mol. The topological polar surface area (TPSA) is 111 Å². The van der Waals surface area contributed by atoms with E-state index >= 15 is 0 Å². The minimum atomic E-state index is -0.963. The second-order valence-electron chi connectivity index (χ2n) is 4.37. The Kier molecular flexibility index (Phi) is 3.62. The van der Waals surface area contributed by atoms with E-state index < -0.39 is 6.09 Å². The summed E-state index contributed by atoms with van der Waals surface area (Å²) in [5.74, 6) is 0.471. The molecule has 0 aromatic carbocycles. The molecule has 1 amide bonds. The molecule has 0 fully saturated rings. The van der Waals surface area contributed by atoms with Crippen LogP contribution in [0.4, 0.5) is 4.79 Å². The predicted molar refractivity (Wildman–Crippen MR) is 60.3 cm³/mol. The molecular formula is C10H14N4O3. The van der Waals surface area contributed by atoms with E-state index in [4.69, 9.17) is 10.9 Å². The summed E-state index contributed by atoms with van der Waals surface area (Å²) < 4.78 is 4.68. The number of ether oxygens (including phenoxy) is 1. The summed E-state index contributed by atoms with van der Waals surface area (Å²) in [6, 6.07) is 1.35. The smallest absolute Gasteiger partial charge is 0.411 e. The lowest BCUT2D eigenvalue weighted by Gasteiger charge is -2.17. The first-order valence-corrected chi connectivity index (χ1v) is 4.87. The summed E-state index contributed by atoms with van der Waals surface area (Å²) in [7, 11) is 0. The Morgan fingerprint density at radius 3 is 2.65 bits per heavy atom. The standard InChI is InChI=1S/C10H14N4O3/c1-10(2,3)8-13-6(5-12-16)4-7(14-8)17-9(11)15/h4-5,16H,1-3H3,(H2,11,15). The lowest BCUT2D eigenvalue weighted by Crippen LogP contribution is -2.21. The minimum absolute atomic E-state index is 0.0207. The molecule has 1 aromatic heterocycles. The van der Waals surface area contributed by atoms with Gasteiger partial charge in [-0.3, -0.25) is 0 Å². The van der Waals surface area contributed by atoms with E-state index in [1.165, 1.54) is 6.07 Å². The summed E-state index contributed by atoms with van der Waals surface area (Å²) in [6.07, 6.45) is 0.153. The highest BCUT2D eigenvalue weighted by atomic mass is 16.6. The van der Waals surface area contributed by atoms with Gasteiger partial charge < -0.3 is 15.7 Å². The first kappa shape index (κ1) is 12.9. The maximum Gasteiger partial charge on any atom is 0.411 e. The molecule has 0 aliphatic rings. The van der Waals surface area contributed by atoms with E-state index in [1.54, 1.807) is 0 Å². The van der Waals surface area contributed by atoms with Crippen molar-refractivity contribution in [3.8, 4) is 5.88 Å². The molecule has 7 nitrogen and oxygen atoms in total. The Morgan fingerprint density at radius 1 is 1.53 bits per heavy atom. The molecular weight excluding hydrogens is 224 g/mol. The molecule has 0 bridgehead atoms. The van der Waals surface area contributed by atoms with Gasteiger partial charge in [0.25, 0.3) is 0 Å². The molecule has 3 N–H and O–H groups in total. The third kappa shape index (κ3) is 3.71. The van der Waals surface area contributed by atoms with Gasteiger partial charge in [0.2, 0.25) is 5.88 Å². The SMILES string of the molecule is CC(C)(C)c1nc(C=NO)cc(OC(N)=O)n1. The van der Waals surface area contributed by atoms with Crippen LogP contribution in [0, 0.1) is 0 Å². The maximum absolute atomic E-state index is 10.7. The fourth-order valence-corrected chi connectivity index (χ4v) is 1.06. The van der Waals surface area contributed by atoms with Crippen molar-refractivity contribution in [1.82, 2.24) is 9.97 Å². The number of carbonyl (C=O) groups excluding carboxylic acids is 1. The van der Waals surface area contributed by atoms with Gasteiger partial charge in [-0.1, -0.05) is 25.9 Å². The summed E-state index contributed by atoms with van der Waals surface area (Å²) in [6.45, 7) is 5.70. The molecule has 0 unspecified atom stereocenters. The normalized spacial score (nSPS) is 11.7. The van der Waals surface area contributed by atoms with Crippen molar-refractivity contribution in [2.45, 2.75) is 26.2 Å². The number of oxime groups is 1. The second kappa shape index (κ2) is 4.77. The van der Waals surface area contributed by atoms with Crippen LogP contribution in [0.15, 0.2) is 11.2 Å². The Morgan fingerprint density at radius 2 is 2.18 bits per heavy atom. The van der Waals surface area contributed by atoms with E-state index in [2.05, 4.69) is 19.9 Å². The van der Waals surface area contributed by atoms with Gasteiger partial charge in [-0.25, -0.2) is 9.78 Å². The Balaban J connectivity index is 3.23. The Bertz CT molecular complexity index is 451. The van der Waals surface area contributed by atoms with Gasteiger partial charge in [-0.05, 0) is 0 Å².